The normalized spacial score (nSPS) is 14.5. The molecule has 1 amide bonds. The maximum atomic E-state index is 10.9. The minimum absolute atomic E-state index is 0.562. The van der Waals surface area contributed by atoms with Crippen LogP contribution in [0.5, 0.6) is 0 Å². The zero-order chi connectivity index (χ0) is 16.8. The second-order valence-corrected chi connectivity index (χ2v) is 5.97. The Kier molecular flexibility index (Phi) is 5.21. The Morgan fingerprint density at radius 3 is 2.25 bits per heavy atom. The van der Waals surface area contributed by atoms with Crippen molar-refractivity contribution in [1.29, 1.82) is 0 Å². The number of carboxylic acid groups (broad SMARTS) is 1. The van der Waals surface area contributed by atoms with Gasteiger partial charge in [0.1, 0.15) is 0 Å². The third kappa shape index (κ3) is 4.19. The number of anilines is 2. The molecule has 0 atom stereocenters. The summed E-state index contributed by atoms with van der Waals surface area (Å²) in [6.45, 7) is 3.51. The highest BCUT2D eigenvalue weighted by Crippen LogP contribution is 2.19. The summed E-state index contributed by atoms with van der Waals surface area (Å²) in [5.41, 5.74) is 3.59. The van der Waals surface area contributed by atoms with Crippen LogP contribution in [-0.2, 0) is 6.42 Å². The molecule has 5 heteroatoms. The monoisotopic (exact) mass is 325 g/mol. The molecule has 3 rings (SSSR count). The molecule has 1 fully saturated rings. The molecular formula is C19H23N3O2. The molecule has 1 saturated heterocycles. The van der Waals surface area contributed by atoms with Gasteiger partial charge in [-0.2, -0.15) is 0 Å². The molecule has 0 aromatic heterocycles. The topological polar surface area (TPSA) is 55.8 Å². The fourth-order valence-corrected chi connectivity index (χ4v) is 2.94. The van der Waals surface area contributed by atoms with Crippen molar-refractivity contribution >= 4 is 17.5 Å². The molecular weight excluding hydrogens is 302 g/mol. The number of amides is 1. The Hall–Kier alpha value is -2.69. The van der Waals surface area contributed by atoms with E-state index in [0.29, 0.717) is 13.1 Å². The summed E-state index contributed by atoms with van der Waals surface area (Å²) in [6, 6.07) is 18.8. The largest absolute Gasteiger partial charge is 0.465 e. The second-order valence-electron chi connectivity index (χ2n) is 5.97. The van der Waals surface area contributed by atoms with E-state index in [1.807, 2.05) is 6.07 Å². The van der Waals surface area contributed by atoms with Gasteiger partial charge in [0.15, 0.2) is 0 Å². The Bertz CT molecular complexity index is 650. The minimum Gasteiger partial charge on any atom is -0.465 e. The van der Waals surface area contributed by atoms with Crippen molar-refractivity contribution in [3.05, 3.63) is 60.2 Å². The number of hydrogen-bond acceptors (Lipinski definition) is 3. The number of hydrogen-bond donors (Lipinski definition) is 2. The molecule has 0 unspecified atom stereocenters. The van der Waals surface area contributed by atoms with E-state index in [0.717, 1.165) is 37.4 Å². The Balaban J connectivity index is 1.48. The third-order valence-corrected chi connectivity index (χ3v) is 4.37. The summed E-state index contributed by atoms with van der Waals surface area (Å²) in [5.74, 6) is 0. The fraction of sp³-hybridized carbons (Fsp3) is 0.316. The highest BCUT2D eigenvalue weighted by Gasteiger charge is 2.20. The van der Waals surface area contributed by atoms with Gasteiger partial charge >= 0.3 is 6.09 Å². The van der Waals surface area contributed by atoms with Crippen molar-refractivity contribution < 1.29 is 9.90 Å². The first-order valence-corrected chi connectivity index (χ1v) is 8.33. The molecule has 0 radical (unpaired) electrons. The fourth-order valence-electron chi connectivity index (χ4n) is 2.94. The van der Waals surface area contributed by atoms with Gasteiger partial charge in [-0.3, -0.25) is 0 Å². The van der Waals surface area contributed by atoms with Gasteiger partial charge in [0.25, 0.3) is 0 Å². The molecule has 1 heterocycles. The average Bonchev–Trinajstić information content (AvgIpc) is 2.63. The van der Waals surface area contributed by atoms with Crippen LogP contribution >= 0.6 is 0 Å². The van der Waals surface area contributed by atoms with Crippen LogP contribution in [0.25, 0.3) is 0 Å². The summed E-state index contributed by atoms with van der Waals surface area (Å²) < 4.78 is 0. The number of piperazine rings is 1. The van der Waals surface area contributed by atoms with Gasteiger partial charge in [0.2, 0.25) is 0 Å². The Morgan fingerprint density at radius 1 is 0.958 bits per heavy atom. The van der Waals surface area contributed by atoms with E-state index < -0.39 is 6.09 Å². The highest BCUT2D eigenvalue weighted by molar-refractivity contribution is 5.65. The highest BCUT2D eigenvalue weighted by atomic mass is 16.4. The number of nitrogens with one attached hydrogen (secondary N) is 1. The molecule has 2 aromatic rings. The molecule has 1 aliphatic rings. The predicted octanol–water partition coefficient (Wildman–Crippen LogP) is 3.14. The van der Waals surface area contributed by atoms with E-state index in [2.05, 4.69) is 58.7 Å². The Labute approximate surface area is 142 Å². The summed E-state index contributed by atoms with van der Waals surface area (Å²) in [4.78, 5) is 14.6. The van der Waals surface area contributed by atoms with Crippen LogP contribution in [-0.4, -0.2) is 48.8 Å². The first kappa shape index (κ1) is 16.2. The van der Waals surface area contributed by atoms with Crippen molar-refractivity contribution in [2.75, 3.05) is 42.9 Å². The molecule has 5 nitrogen and oxygen atoms in total. The predicted molar refractivity (Wildman–Crippen MR) is 96.9 cm³/mol. The first-order chi connectivity index (χ1) is 11.7. The summed E-state index contributed by atoms with van der Waals surface area (Å²) in [6.07, 6.45) is 0.173. The SMILES string of the molecule is O=C(O)N1CCN(c2ccc(NCCc3ccccc3)cc2)CC1. The van der Waals surface area contributed by atoms with Crippen LogP contribution in [0.15, 0.2) is 54.6 Å². The number of benzene rings is 2. The van der Waals surface area contributed by atoms with Gasteiger partial charge in [-0.15, -0.1) is 0 Å². The molecule has 0 bridgehead atoms. The summed E-state index contributed by atoms with van der Waals surface area (Å²) in [5, 5.41) is 12.4. The number of rotatable bonds is 5. The molecule has 2 N–H and O–H groups in total. The standard InChI is InChI=1S/C19H23N3O2/c23-19(24)22-14-12-21(13-15-22)18-8-6-17(7-9-18)20-11-10-16-4-2-1-3-5-16/h1-9,20H,10-15H2,(H,23,24). The van der Waals surface area contributed by atoms with Crippen molar-refractivity contribution in [2.24, 2.45) is 0 Å². The lowest BCUT2D eigenvalue weighted by Gasteiger charge is -2.34. The smallest absolute Gasteiger partial charge is 0.407 e. The van der Waals surface area contributed by atoms with Crippen LogP contribution in [0, 0.1) is 0 Å². The maximum absolute atomic E-state index is 10.9. The molecule has 0 spiro atoms. The lowest BCUT2D eigenvalue weighted by Crippen LogP contribution is -2.48. The maximum Gasteiger partial charge on any atom is 0.407 e. The van der Waals surface area contributed by atoms with E-state index in [-0.39, 0.29) is 0 Å². The average molecular weight is 325 g/mol. The van der Waals surface area contributed by atoms with Crippen LogP contribution in [0.3, 0.4) is 0 Å². The molecule has 2 aromatic carbocycles. The Morgan fingerprint density at radius 2 is 1.62 bits per heavy atom. The van der Waals surface area contributed by atoms with E-state index in [1.54, 1.807) is 0 Å². The zero-order valence-electron chi connectivity index (χ0n) is 13.7. The molecule has 1 aliphatic heterocycles. The number of nitrogens with zero attached hydrogens (tertiary/aromatic N) is 2. The van der Waals surface area contributed by atoms with Crippen molar-refractivity contribution in [3.8, 4) is 0 Å². The summed E-state index contributed by atoms with van der Waals surface area (Å²) >= 11 is 0. The molecule has 0 aliphatic carbocycles. The van der Waals surface area contributed by atoms with Gasteiger partial charge in [-0.25, -0.2) is 4.79 Å². The molecule has 24 heavy (non-hydrogen) atoms. The first-order valence-electron chi connectivity index (χ1n) is 8.33. The van der Waals surface area contributed by atoms with E-state index in [1.165, 1.54) is 10.5 Å². The van der Waals surface area contributed by atoms with Crippen LogP contribution in [0.4, 0.5) is 16.2 Å². The lowest BCUT2D eigenvalue weighted by molar-refractivity contribution is 0.142. The van der Waals surface area contributed by atoms with E-state index in [4.69, 9.17) is 5.11 Å². The molecule has 126 valence electrons. The van der Waals surface area contributed by atoms with Gasteiger partial charge in [0, 0.05) is 44.1 Å². The van der Waals surface area contributed by atoms with E-state index in [9.17, 15) is 4.79 Å². The quantitative estimate of drug-likeness (QED) is 0.887. The molecule has 0 saturated carbocycles. The zero-order valence-corrected chi connectivity index (χ0v) is 13.7. The van der Waals surface area contributed by atoms with Crippen molar-refractivity contribution in [1.82, 2.24) is 4.90 Å². The second kappa shape index (κ2) is 7.73. The minimum atomic E-state index is -0.826. The van der Waals surface area contributed by atoms with Crippen molar-refractivity contribution in [3.63, 3.8) is 0 Å². The lowest BCUT2D eigenvalue weighted by atomic mass is 10.1. The van der Waals surface area contributed by atoms with Gasteiger partial charge in [-0.05, 0) is 36.2 Å². The number of carbonyl (C=O) groups is 1. The van der Waals surface area contributed by atoms with Gasteiger partial charge in [0.05, 0.1) is 0 Å². The van der Waals surface area contributed by atoms with Gasteiger partial charge < -0.3 is 20.2 Å². The van der Waals surface area contributed by atoms with Crippen LogP contribution < -0.4 is 10.2 Å². The van der Waals surface area contributed by atoms with Crippen molar-refractivity contribution in [2.45, 2.75) is 6.42 Å². The van der Waals surface area contributed by atoms with E-state index >= 15 is 0 Å². The van der Waals surface area contributed by atoms with Gasteiger partial charge in [-0.1, -0.05) is 30.3 Å². The summed E-state index contributed by atoms with van der Waals surface area (Å²) in [7, 11) is 0. The van der Waals surface area contributed by atoms with Crippen LogP contribution in [0.2, 0.25) is 0 Å². The van der Waals surface area contributed by atoms with Crippen LogP contribution in [0.1, 0.15) is 5.56 Å². The third-order valence-electron chi connectivity index (χ3n) is 4.37.